The lowest BCUT2D eigenvalue weighted by atomic mass is 10.1. The van der Waals surface area contributed by atoms with E-state index >= 15 is 0 Å². The highest BCUT2D eigenvalue weighted by Gasteiger charge is 2.19. The Bertz CT molecular complexity index is 429. The van der Waals surface area contributed by atoms with Gasteiger partial charge in [-0.05, 0) is 31.0 Å². The molecule has 0 fully saturated rings. The zero-order chi connectivity index (χ0) is 13.7. The van der Waals surface area contributed by atoms with Crippen LogP contribution in [-0.4, -0.2) is 17.1 Å². The summed E-state index contributed by atoms with van der Waals surface area (Å²) in [6.07, 6.45) is 1.33. The number of halogens is 3. The molecule has 3 nitrogen and oxygen atoms in total. The second kappa shape index (κ2) is 8.35. The minimum absolute atomic E-state index is 0. The fraction of sp³-hybridized carbons (Fsp3) is 0.462. The second-order valence-corrected chi connectivity index (χ2v) is 4.65. The normalized spacial score (nSPS) is 13.5. The molecule has 0 aliphatic rings. The van der Waals surface area contributed by atoms with Gasteiger partial charge in [0, 0.05) is 6.04 Å². The van der Waals surface area contributed by atoms with Crippen molar-refractivity contribution in [3.63, 3.8) is 0 Å². The molecule has 0 spiro atoms. The van der Waals surface area contributed by atoms with Gasteiger partial charge in [-0.3, -0.25) is 10.1 Å². The van der Waals surface area contributed by atoms with Crippen molar-refractivity contribution in [2.45, 2.75) is 38.8 Å². The Morgan fingerprint density at radius 3 is 2.63 bits per heavy atom. The topological polar surface area (TPSA) is 49.3 Å². The van der Waals surface area contributed by atoms with Crippen LogP contribution in [0.25, 0.3) is 0 Å². The molecule has 19 heavy (non-hydrogen) atoms. The first-order valence-corrected chi connectivity index (χ1v) is 6.27. The fourth-order valence-corrected chi connectivity index (χ4v) is 1.94. The number of hydrogen-bond donors (Lipinski definition) is 2. The van der Waals surface area contributed by atoms with E-state index in [0.29, 0.717) is 6.42 Å². The van der Waals surface area contributed by atoms with Gasteiger partial charge in [-0.2, -0.15) is 0 Å². The lowest BCUT2D eigenvalue weighted by Gasteiger charge is -2.20. The molecule has 0 radical (unpaired) electrons. The average Bonchev–Trinajstić information content (AvgIpc) is 2.31. The molecule has 2 atom stereocenters. The Balaban J connectivity index is 0.00000324. The molecular weight excluding hydrogens is 292 g/mol. The van der Waals surface area contributed by atoms with Crippen LogP contribution in [0.1, 0.15) is 38.3 Å². The first-order valence-electron chi connectivity index (χ1n) is 5.89. The molecule has 0 aliphatic heterocycles. The zero-order valence-corrected chi connectivity index (χ0v) is 12.4. The van der Waals surface area contributed by atoms with Crippen LogP contribution in [0, 0.1) is 5.82 Å². The summed E-state index contributed by atoms with van der Waals surface area (Å²) >= 11 is 5.70. The summed E-state index contributed by atoms with van der Waals surface area (Å²) in [5, 5.41) is 12.1. The largest absolute Gasteiger partial charge is 0.480 e. The molecule has 1 aromatic carbocycles. The summed E-state index contributed by atoms with van der Waals surface area (Å²) in [6.45, 7) is 3.76. The maximum atomic E-state index is 13.0. The van der Waals surface area contributed by atoms with Gasteiger partial charge in [0.05, 0.1) is 5.02 Å². The van der Waals surface area contributed by atoms with E-state index in [1.165, 1.54) is 12.1 Å². The summed E-state index contributed by atoms with van der Waals surface area (Å²) in [6, 6.07) is 3.60. The third-order valence-corrected chi connectivity index (χ3v) is 3.06. The molecule has 0 saturated carbocycles. The number of carboxylic acid groups (broad SMARTS) is 1. The number of rotatable bonds is 6. The predicted molar refractivity (Wildman–Crippen MR) is 76.5 cm³/mol. The Kier molecular flexibility index (Phi) is 7.99. The molecule has 0 aliphatic carbocycles. The van der Waals surface area contributed by atoms with Crippen LogP contribution in [0.5, 0.6) is 0 Å². The van der Waals surface area contributed by atoms with E-state index < -0.39 is 17.8 Å². The first kappa shape index (κ1) is 18.2. The molecule has 0 saturated heterocycles. The van der Waals surface area contributed by atoms with Gasteiger partial charge in [0.2, 0.25) is 0 Å². The highest BCUT2D eigenvalue weighted by molar-refractivity contribution is 6.30. The number of hydrogen-bond acceptors (Lipinski definition) is 2. The van der Waals surface area contributed by atoms with Gasteiger partial charge in [-0.15, -0.1) is 12.4 Å². The molecule has 0 aromatic heterocycles. The highest BCUT2D eigenvalue weighted by atomic mass is 35.5. The van der Waals surface area contributed by atoms with Crippen LogP contribution in [0.4, 0.5) is 4.39 Å². The van der Waals surface area contributed by atoms with Crippen molar-refractivity contribution >= 4 is 30.0 Å². The number of nitrogens with one attached hydrogen (secondary N) is 1. The highest BCUT2D eigenvalue weighted by Crippen LogP contribution is 2.21. The third kappa shape index (κ3) is 5.35. The SMILES string of the molecule is CCCC(NC(C)c1ccc(F)c(Cl)c1)C(=O)O.Cl. The maximum absolute atomic E-state index is 13.0. The fourth-order valence-electron chi connectivity index (χ4n) is 1.75. The molecule has 0 heterocycles. The van der Waals surface area contributed by atoms with Gasteiger partial charge < -0.3 is 5.11 Å². The van der Waals surface area contributed by atoms with Gasteiger partial charge >= 0.3 is 5.97 Å². The van der Waals surface area contributed by atoms with E-state index in [9.17, 15) is 9.18 Å². The Morgan fingerprint density at radius 2 is 2.16 bits per heavy atom. The first-order chi connectivity index (χ1) is 8.45. The lowest BCUT2D eigenvalue weighted by Crippen LogP contribution is -2.38. The van der Waals surface area contributed by atoms with Crippen LogP contribution in [0.15, 0.2) is 18.2 Å². The number of carbonyl (C=O) groups is 1. The van der Waals surface area contributed by atoms with E-state index in [4.69, 9.17) is 16.7 Å². The van der Waals surface area contributed by atoms with E-state index in [0.717, 1.165) is 12.0 Å². The summed E-state index contributed by atoms with van der Waals surface area (Å²) < 4.78 is 13.0. The van der Waals surface area contributed by atoms with E-state index in [1.807, 2.05) is 13.8 Å². The monoisotopic (exact) mass is 309 g/mol. The van der Waals surface area contributed by atoms with Gasteiger partial charge in [0.15, 0.2) is 0 Å². The Labute approximate surface area is 123 Å². The van der Waals surface area contributed by atoms with Crippen molar-refractivity contribution in [1.82, 2.24) is 5.32 Å². The number of aliphatic carboxylic acids is 1. The molecule has 0 bridgehead atoms. The molecule has 1 aromatic rings. The van der Waals surface area contributed by atoms with Gasteiger partial charge in [-0.1, -0.05) is 31.0 Å². The molecule has 108 valence electrons. The summed E-state index contributed by atoms with van der Waals surface area (Å²) in [7, 11) is 0. The smallest absolute Gasteiger partial charge is 0.320 e. The van der Waals surface area contributed by atoms with E-state index in [1.54, 1.807) is 6.07 Å². The van der Waals surface area contributed by atoms with Crippen molar-refractivity contribution in [3.8, 4) is 0 Å². The van der Waals surface area contributed by atoms with Crippen molar-refractivity contribution < 1.29 is 14.3 Å². The average molecular weight is 310 g/mol. The third-order valence-electron chi connectivity index (χ3n) is 2.77. The molecule has 2 N–H and O–H groups in total. The number of carboxylic acids is 1. The molecule has 0 amide bonds. The minimum Gasteiger partial charge on any atom is -0.480 e. The molecular formula is C13H18Cl2FNO2. The molecule has 6 heteroatoms. The van der Waals surface area contributed by atoms with E-state index in [-0.39, 0.29) is 23.5 Å². The van der Waals surface area contributed by atoms with Crippen molar-refractivity contribution in [3.05, 3.63) is 34.6 Å². The molecule has 2 unspecified atom stereocenters. The summed E-state index contributed by atoms with van der Waals surface area (Å²) in [4.78, 5) is 11.0. The van der Waals surface area contributed by atoms with Crippen molar-refractivity contribution in [2.75, 3.05) is 0 Å². The van der Waals surface area contributed by atoms with Crippen LogP contribution < -0.4 is 5.32 Å². The van der Waals surface area contributed by atoms with Gasteiger partial charge in [0.1, 0.15) is 11.9 Å². The zero-order valence-electron chi connectivity index (χ0n) is 10.8. The van der Waals surface area contributed by atoms with Crippen LogP contribution in [0.2, 0.25) is 5.02 Å². The van der Waals surface area contributed by atoms with Crippen molar-refractivity contribution in [2.24, 2.45) is 0 Å². The van der Waals surface area contributed by atoms with Crippen molar-refractivity contribution in [1.29, 1.82) is 0 Å². The minimum atomic E-state index is -0.878. The van der Waals surface area contributed by atoms with Crippen LogP contribution in [-0.2, 0) is 4.79 Å². The van der Waals surface area contributed by atoms with Crippen LogP contribution in [0.3, 0.4) is 0 Å². The van der Waals surface area contributed by atoms with Gasteiger partial charge in [-0.25, -0.2) is 4.39 Å². The Hall–Kier alpha value is -0.840. The van der Waals surface area contributed by atoms with E-state index in [2.05, 4.69) is 5.32 Å². The van der Waals surface area contributed by atoms with Crippen LogP contribution >= 0.6 is 24.0 Å². The Morgan fingerprint density at radius 1 is 1.53 bits per heavy atom. The standard InChI is InChI=1S/C13H17ClFNO2.ClH/c1-3-4-12(13(17)18)16-8(2)9-5-6-11(15)10(14)7-9;/h5-8,12,16H,3-4H2,1-2H3,(H,17,18);1H. The predicted octanol–water partition coefficient (Wildman–Crippen LogP) is 3.80. The maximum Gasteiger partial charge on any atom is 0.320 e. The molecule has 1 rings (SSSR count). The number of benzene rings is 1. The quantitative estimate of drug-likeness (QED) is 0.840. The summed E-state index contributed by atoms with van der Waals surface area (Å²) in [5.41, 5.74) is 0.767. The lowest BCUT2D eigenvalue weighted by molar-refractivity contribution is -0.139. The summed E-state index contributed by atoms with van der Waals surface area (Å²) in [5.74, 6) is -1.35. The second-order valence-electron chi connectivity index (χ2n) is 4.24. The van der Waals surface area contributed by atoms with Gasteiger partial charge in [0.25, 0.3) is 0 Å².